The van der Waals surface area contributed by atoms with Gasteiger partial charge in [-0.05, 0) is 85.1 Å². The average molecular weight is 927 g/mol. The van der Waals surface area contributed by atoms with Gasteiger partial charge >= 0.3 is 0 Å². The summed E-state index contributed by atoms with van der Waals surface area (Å²) in [6, 6.07) is 7.86. The van der Waals surface area contributed by atoms with Crippen molar-refractivity contribution in [1.29, 1.82) is 0 Å². The molecule has 0 bridgehead atoms. The minimum Gasteiger partial charge on any atom is -0.354 e. The van der Waals surface area contributed by atoms with Gasteiger partial charge in [0.1, 0.15) is 17.7 Å². The van der Waals surface area contributed by atoms with Gasteiger partial charge in [-0.3, -0.25) is 34.2 Å². The van der Waals surface area contributed by atoms with Crippen molar-refractivity contribution < 1.29 is 22.8 Å². The number of rotatable bonds is 11. The van der Waals surface area contributed by atoms with E-state index in [-0.39, 0.29) is 29.5 Å². The molecule has 18 nitrogen and oxygen atoms in total. The summed E-state index contributed by atoms with van der Waals surface area (Å²) in [5.74, 6) is 1.57. The second-order valence-corrected chi connectivity index (χ2v) is 20.2. The van der Waals surface area contributed by atoms with Crippen LogP contribution in [0.2, 0.25) is 0 Å². The minimum absolute atomic E-state index is 0.123. The Morgan fingerprint density at radius 3 is 2.47 bits per heavy atom. The van der Waals surface area contributed by atoms with Crippen LogP contribution in [-0.2, 0) is 32.7 Å². The Kier molecular flexibility index (Phi) is 10.6. The monoisotopic (exact) mass is 925 g/mol. The van der Waals surface area contributed by atoms with Gasteiger partial charge in [0.2, 0.25) is 11.8 Å². The number of halogens is 1. The summed E-state index contributed by atoms with van der Waals surface area (Å²) in [7, 11) is -3.49. The van der Waals surface area contributed by atoms with Gasteiger partial charge in [-0.25, -0.2) is 23.4 Å². The molecular formula is C42H48BrN13O5S. The van der Waals surface area contributed by atoms with Crippen LogP contribution in [0.5, 0.6) is 0 Å². The summed E-state index contributed by atoms with van der Waals surface area (Å²) in [4.78, 5) is 60.4. The molecule has 2 N–H and O–H groups in total. The minimum atomic E-state index is -3.49. The third-order valence-electron chi connectivity index (χ3n) is 12.7. The van der Waals surface area contributed by atoms with Gasteiger partial charge in [0, 0.05) is 93.8 Å². The molecule has 5 aliphatic rings. The first-order chi connectivity index (χ1) is 29.9. The molecule has 1 aromatic carbocycles. The number of hydrogen-bond donors (Lipinski definition) is 2. The van der Waals surface area contributed by atoms with Crippen LogP contribution >= 0.6 is 15.9 Å². The SMILES string of the molecule is CC(C)n1nc(N2CCC(N3CCN(Cc4cc(Br)c5c(c4)CN(C4CCC(=O)NC4=O)C5=O)CC3)CC2)c2cnc(Nc3ccnc(-c4cnn(S(=O)(=O)C5CC5)c4)n3)cc21. The number of aromatic nitrogens is 7. The van der Waals surface area contributed by atoms with Gasteiger partial charge in [0.05, 0.1) is 39.7 Å². The molecular weight excluding hydrogens is 879 g/mol. The van der Waals surface area contributed by atoms with E-state index in [1.807, 2.05) is 18.3 Å². The van der Waals surface area contributed by atoms with E-state index in [1.165, 1.54) is 12.4 Å². The predicted octanol–water partition coefficient (Wildman–Crippen LogP) is 4.06. The molecule has 10 rings (SSSR count). The topological polar surface area (TPSA) is 197 Å². The number of imide groups is 1. The molecule has 4 aliphatic heterocycles. The number of benzene rings is 1. The maximum atomic E-state index is 13.3. The highest BCUT2D eigenvalue weighted by Crippen LogP contribution is 2.36. The second-order valence-electron chi connectivity index (χ2n) is 17.2. The van der Waals surface area contributed by atoms with Crippen LogP contribution in [-0.4, -0.2) is 131 Å². The van der Waals surface area contributed by atoms with E-state index < -0.39 is 22.0 Å². The first kappa shape index (κ1) is 40.7. The average Bonchev–Trinajstić information content (AvgIpc) is 3.74. The molecule has 3 saturated heterocycles. The van der Waals surface area contributed by atoms with E-state index in [0.717, 1.165) is 95.1 Å². The van der Waals surface area contributed by atoms with Gasteiger partial charge in [0.15, 0.2) is 11.6 Å². The van der Waals surface area contributed by atoms with Crippen LogP contribution < -0.4 is 15.5 Å². The van der Waals surface area contributed by atoms with Crippen LogP contribution in [0.3, 0.4) is 0 Å². The maximum Gasteiger partial charge on any atom is 0.256 e. The Balaban J connectivity index is 0.750. The standard InChI is InChI=1S/C42H48BrN13O5S/c1-25(2)56-34-19-36(47-35-7-10-44-39(48-35)28-20-46-55(24-28)62(60,61)30-3-4-30)45-21-31(34)40(50-56)53-11-8-29(9-12-53)52-15-13-51(14-16-52)22-26-17-27-23-54(42(59)38(27)32(43)18-26)33-5-6-37(57)49-41(33)58/h7,10,17-21,24-25,29-30,33H,3-6,8-9,11-16,22-23H2,1-2H3,(H,49,57,58)(H,44,45,47,48). The summed E-state index contributed by atoms with van der Waals surface area (Å²) in [6.07, 6.45) is 10.4. The summed E-state index contributed by atoms with van der Waals surface area (Å²) in [5, 5.41) is 15.5. The number of piperidine rings is 2. The maximum absolute atomic E-state index is 13.3. The number of carbonyl (C=O) groups excluding carboxylic acids is 3. The number of nitrogens with zero attached hydrogens (tertiary/aromatic N) is 11. The third kappa shape index (κ3) is 7.74. The summed E-state index contributed by atoms with van der Waals surface area (Å²) >= 11 is 3.65. The van der Waals surface area contributed by atoms with Crippen LogP contribution in [0.15, 0.2) is 53.5 Å². The molecule has 3 amide bonds. The van der Waals surface area contributed by atoms with E-state index in [9.17, 15) is 22.8 Å². The highest BCUT2D eigenvalue weighted by Gasteiger charge is 2.41. The summed E-state index contributed by atoms with van der Waals surface area (Å²) < 4.78 is 29.1. The molecule has 62 heavy (non-hydrogen) atoms. The lowest BCUT2D eigenvalue weighted by Crippen LogP contribution is -2.53. The molecule has 0 spiro atoms. The number of carbonyl (C=O) groups is 3. The smallest absolute Gasteiger partial charge is 0.256 e. The fraction of sp³-hybridized carbons (Fsp3) is 0.476. The first-order valence-corrected chi connectivity index (χ1v) is 23.6. The van der Waals surface area contributed by atoms with Crippen molar-refractivity contribution in [3.8, 4) is 11.4 Å². The van der Waals surface area contributed by atoms with Crippen LogP contribution in [0, 0.1) is 0 Å². The molecule has 324 valence electrons. The Hall–Kier alpha value is -5.31. The van der Waals surface area contributed by atoms with Crippen molar-refractivity contribution >= 4 is 72.0 Å². The van der Waals surface area contributed by atoms with E-state index in [2.05, 4.69) is 80.9 Å². The molecule has 20 heteroatoms. The Labute approximate surface area is 367 Å². The van der Waals surface area contributed by atoms with Gasteiger partial charge in [0.25, 0.3) is 15.9 Å². The van der Waals surface area contributed by atoms with Crippen LogP contribution in [0.25, 0.3) is 22.3 Å². The van der Waals surface area contributed by atoms with Crippen molar-refractivity contribution in [2.75, 3.05) is 49.5 Å². The van der Waals surface area contributed by atoms with Crippen LogP contribution in [0.4, 0.5) is 17.5 Å². The van der Waals surface area contributed by atoms with Crippen molar-refractivity contribution in [2.24, 2.45) is 0 Å². The quantitative estimate of drug-likeness (QED) is 0.180. The zero-order valence-electron chi connectivity index (χ0n) is 34.6. The van der Waals surface area contributed by atoms with Crippen molar-refractivity contribution in [1.82, 2.24) is 53.9 Å². The highest BCUT2D eigenvalue weighted by molar-refractivity contribution is 9.10. The van der Waals surface area contributed by atoms with Gasteiger partial charge < -0.3 is 15.1 Å². The van der Waals surface area contributed by atoms with Gasteiger partial charge in [-0.15, -0.1) is 0 Å². The Bertz CT molecular complexity index is 2700. The molecule has 1 aliphatic carbocycles. The number of anilines is 3. The van der Waals surface area contributed by atoms with E-state index >= 15 is 0 Å². The van der Waals surface area contributed by atoms with E-state index in [1.54, 1.807) is 17.2 Å². The number of nitrogens with one attached hydrogen (secondary N) is 2. The molecule has 1 atom stereocenters. The number of piperazine rings is 1. The third-order valence-corrected chi connectivity index (χ3v) is 15.4. The van der Waals surface area contributed by atoms with Crippen molar-refractivity contribution in [3.05, 3.63) is 70.2 Å². The zero-order valence-corrected chi connectivity index (χ0v) is 37.0. The molecule has 8 heterocycles. The number of fused-ring (bicyclic) bond motifs is 2. The van der Waals surface area contributed by atoms with Gasteiger partial charge in [-0.1, -0.05) is 6.07 Å². The van der Waals surface area contributed by atoms with Crippen LogP contribution in [0.1, 0.15) is 79.9 Å². The second kappa shape index (κ2) is 16.1. The normalized spacial score (nSPS) is 20.7. The van der Waals surface area contributed by atoms with E-state index in [0.29, 0.717) is 60.4 Å². The van der Waals surface area contributed by atoms with Gasteiger partial charge in [-0.2, -0.15) is 14.3 Å². The Morgan fingerprint density at radius 1 is 0.935 bits per heavy atom. The summed E-state index contributed by atoms with van der Waals surface area (Å²) in [6.45, 7) is 11.1. The Morgan fingerprint density at radius 2 is 1.73 bits per heavy atom. The molecule has 0 radical (unpaired) electrons. The lowest BCUT2D eigenvalue weighted by molar-refractivity contribution is -0.136. The predicted molar refractivity (Wildman–Crippen MR) is 234 cm³/mol. The largest absolute Gasteiger partial charge is 0.354 e. The first-order valence-electron chi connectivity index (χ1n) is 21.3. The molecule has 4 aromatic heterocycles. The fourth-order valence-electron chi connectivity index (χ4n) is 9.29. The fourth-order valence-corrected chi connectivity index (χ4v) is 11.5. The molecule has 4 fully saturated rings. The molecule has 5 aromatic rings. The lowest BCUT2D eigenvalue weighted by atomic mass is 10.0. The molecule has 1 saturated carbocycles. The number of amides is 3. The number of pyridine rings is 1. The molecule has 1 unspecified atom stereocenters. The number of hydrogen-bond acceptors (Lipinski definition) is 14. The zero-order chi connectivity index (χ0) is 42.9. The van der Waals surface area contributed by atoms with Crippen molar-refractivity contribution in [2.45, 2.75) is 88.8 Å². The highest BCUT2D eigenvalue weighted by atomic mass is 79.9. The van der Waals surface area contributed by atoms with E-state index in [4.69, 9.17) is 10.1 Å². The summed E-state index contributed by atoms with van der Waals surface area (Å²) in [5.41, 5.74) is 4.14. The lowest BCUT2D eigenvalue weighted by Gasteiger charge is -2.43. The van der Waals surface area contributed by atoms with Crippen molar-refractivity contribution in [3.63, 3.8) is 0 Å².